The van der Waals surface area contributed by atoms with Crippen molar-refractivity contribution in [2.75, 3.05) is 18.0 Å². The molecule has 0 spiro atoms. The summed E-state index contributed by atoms with van der Waals surface area (Å²) in [6, 6.07) is 4.61. The first-order valence-electron chi connectivity index (χ1n) is 7.87. The molecule has 2 rings (SSSR count). The Hall–Kier alpha value is -2.11. The lowest BCUT2D eigenvalue weighted by atomic mass is 10.1. The van der Waals surface area contributed by atoms with Crippen LogP contribution in [0.3, 0.4) is 0 Å². The minimum absolute atomic E-state index is 0.0426. The number of hydrogen-bond acceptors (Lipinski definition) is 4. The number of anilines is 1. The highest BCUT2D eigenvalue weighted by molar-refractivity contribution is 6.00. The summed E-state index contributed by atoms with van der Waals surface area (Å²) in [5.74, 6) is -0.237. The third kappa shape index (κ3) is 3.75. The van der Waals surface area contributed by atoms with Crippen molar-refractivity contribution in [1.82, 2.24) is 5.32 Å². The Kier molecular flexibility index (Phi) is 5.35. The van der Waals surface area contributed by atoms with Crippen molar-refractivity contribution in [3.63, 3.8) is 0 Å². The van der Waals surface area contributed by atoms with E-state index >= 15 is 0 Å². The zero-order valence-corrected chi connectivity index (χ0v) is 13.2. The quantitative estimate of drug-likeness (QED) is 0.670. The van der Waals surface area contributed by atoms with E-state index in [1.165, 1.54) is 18.6 Å². The third-order valence-electron chi connectivity index (χ3n) is 4.12. The van der Waals surface area contributed by atoms with Crippen molar-refractivity contribution >= 4 is 17.3 Å². The largest absolute Gasteiger partial charge is 0.371 e. The Morgan fingerprint density at radius 1 is 1.36 bits per heavy atom. The molecule has 1 aliphatic rings. The zero-order valence-electron chi connectivity index (χ0n) is 13.2. The van der Waals surface area contributed by atoms with Gasteiger partial charge >= 0.3 is 0 Å². The second-order valence-electron chi connectivity index (χ2n) is 5.79. The molecular weight excluding hydrogens is 282 g/mol. The predicted molar refractivity (Wildman–Crippen MR) is 86.4 cm³/mol. The lowest BCUT2D eigenvalue weighted by molar-refractivity contribution is -0.384. The summed E-state index contributed by atoms with van der Waals surface area (Å²) in [6.45, 7) is 5.70. The number of rotatable bonds is 5. The number of nitro benzene ring substituents is 1. The maximum atomic E-state index is 12.5. The van der Waals surface area contributed by atoms with E-state index in [2.05, 4.69) is 10.2 Å². The van der Waals surface area contributed by atoms with Crippen molar-refractivity contribution in [3.05, 3.63) is 33.9 Å². The Balaban J connectivity index is 2.34. The van der Waals surface area contributed by atoms with E-state index < -0.39 is 4.92 Å². The number of piperidine rings is 1. The molecule has 1 aromatic carbocycles. The predicted octanol–water partition coefficient (Wildman–Crippen LogP) is 3.11. The number of nitrogens with one attached hydrogen (secondary N) is 1. The molecule has 0 bridgehead atoms. The summed E-state index contributed by atoms with van der Waals surface area (Å²) in [7, 11) is 0. The highest BCUT2D eigenvalue weighted by atomic mass is 16.6. The fraction of sp³-hybridized carbons (Fsp3) is 0.562. The first-order valence-corrected chi connectivity index (χ1v) is 7.87. The summed E-state index contributed by atoms with van der Waals surface area (Å²) in [5.41, 5.74) is 1.15. The van der Waals surface area contributed by atoms with Gasteiger partial charge in [-0.15, -0.1) is 0 Å². The molecule has 0 saturated carbocycles. The summed E-state index contributed by atoms with van der Waals surface area (Å²) in [6.07, 6.45) is 4.18. The topological polar surface area (TPSA) is 75.5 Å². The van der Waals surface area contributed by atoms with Crippen molar-refractivity contribution in [1.29, 1.82) is 0 Å². The van der Waals surface area contributed by atoms with Crippen molar-refractivity contribution < 1.29 is 9.72 Å². The fourth-order valence-electron chi connectivity index (χ4n) is 2.63. The number of benzene rings is 1. The van der Waals surface area contributed by atoms with Crippen molar-refractivity contribution in [2.24, 2.45) is 0 Å². The van der Waals surface area contributed by atoms with Crippen LogP contribution in [0.4, 0.5) is 11.4 Å². The van der Waals surface area contributed by atoms with Gasteiger partial charge in [-0.05, 0) is 38.7 Å². The molecule has 1 amide bonds. The molecule has 120 valence electrons. The molecule has 22 heavy (non-hydrogen) atoms. The molecule has 1 fully saturated rings. The maximum Gasteiger partial charge on any atom is 0.270 e. The molecule has 0 radical (unpaired) electrons. The Morgan fingerprint density at radius 3 is 2.64 bits per heavy atom. The van der Waals surface area contributed by atoms with Gasteiger partial charge < -0.3 is 10.2 Å². The van der Waals surface area contributed by atoms with Crippen LogP contribution < -0.4 is 10.2 Å². The Morgan fingerprint density at radius 2 is 2.05 bits per heavy atom. The number of carbonyl (C=O) groups excluding carboxylic acids is 1. The van der Waals surface area contributed by atoms with Gasteiger partial charge in [0.05, 0.1) is 16.2 Å². The smallest absolute Gasteiger partial charge is 0.270 e. The molecule has 1 N–H and O–H groups in total. The van der Waals surface area contributed by atoms with Crippen LogP contribution in [0, 0.1) is 10.1 Å². The van der Waals surface area contributed by atoms with Gasteiger partial charge in [0.2, 0.25) is 0 Å². The molecule has 1 heterocycles. The highest BCUT2D eigenvalue weighted by Crippen LogP contribution is 2.28. The van der Waals surface area contributed by atoms with E-state index in [-0.39, 0.29) is 17.6 Å². The molecule has 0 aliphatic carbocycles. The lowest BCUT2D eigenvalue weighted by Gasteiger charge is -2.30. The molecule has 6 heteroatoms. The van der Waals surface area contributed by atoms with Gasteiger partial charge in [-0.25, -0.2) is 0 Å². The summed E-state index contributed by atoms with van der Waals surface area (Å²) in [5, 5.41) is 13.9. The maximum absolute atomic E-state index is 12.5. The van der Waals surface area contributed by atoms with Gasteiger partial charge in [-0.2, -0.15) is 0 Å². The van der Waals surface area contributed by atoms with E-state index in [1.54, 1.807) is 6.07 Å². The SMILES string of the molecule is CCC(C)NC(=O)c1cc([N+](=O)[O-])ccc1N1CCCCC1. The number of nitrogens with zero attached hydrogens (tertiary/aromatic N) is 2. The second kappa shape index (κ2) is 7.24. The molecule has 1 saturated heterocycles. The van der Waals surface area contributed by atoms with Crippen LogP contribution in [0.25, 0.3) is 0 Å². The fourth-order valence-corrected chi connectivity index (χ4v) is 2.63. The minimum atomic E-state index is -0.458. The summed E-state index contributed by atoms with van der Waals surface area (Å²) < 4.78 is 0. The van der Waals surface area contributed by atoms with Crippen LogP contribution in [-0.4, -0.2) is 30.0 Å². The lowest BCUT2D eigenvalue weighted by Crippen LogP contribution is -2.35. The molecule has 1 aliphatic heterocycles. The number of hydrogen-bond donors (Lipinski definition) is 1. The van der Waals surface area contributed by atoms with Gasteiger partial charge in [0.15, 0.2) is 0 Å². The van der Waals surface area contributed by atoms with Gasteiger partial charge in [-0.3, -0.25) is 14.9 Å². The van der Waals surface area contributed by atoms with Gasteiger partial charge in [0, 0.05) is 31.3 Å². The monoisotopic (exact) mass is 305 g/mol. The van der Waals surface area contributed by atoms with Gasteiger partial charge in [-0.1, -0.05) is 6.92 Å². The highest BCUT2D eigenvalue weighted by Gasteiger charge is 2.22. The van der Waals surface area contributed by atoms with Gasteiger partial charge in [0.1, 0.15) is 0 Å². The normalized spacial score (nSPS) is 16.2. The average Bonchev–Trinajstić information content (AvgIpc) is 2.54. The molecular formula is C16H23N3O3. The van der Waals surface area contributed by atoms with Crippen LogP contribution in [0.5, 0.6) is 0 Å². The molecule has 1 atom stereocenters. The Bertz CT molecular complexity index is 554. The number of carbonyl (C=O) groups is 1. The first kappa shape index (κ1) is 16.3. The Labute approximate surface area is 130 Å². The van der Waals surface area contributed by atoms with E-state index in [0.717, 1.165) is 38.0 Å². The van der Waals surface area contributed by atoms with E-state index in [0.29, 0.717) is 5.56 Å². The zero-order chi connectivity index (χ0) is 16.1. The van der Waals surface area contributed by atoms with E-state index in [4.69, 9.17) is 0 Å². The molecule has 1 aromatic rings. The summed E-state index contributed by atoms with van der Waals surface area (Å²) >= 11 is 0. The van der Waals surface area contributed by atoms with Crippen LogP contribution in [0.2, 0.25) is 0 Å². The number of non-ortho nitro benzene ring substituents is 1. The molecule has 1 unspecified atom stereocenters. The van der Waals surface area contributed by atoms with Crippen molar-refractivity contribution in [2.45, 2.75) is 45.6 Å². The molecule has 0 aromatic heterocycles. The second-order valence-corrected chi connectivity index (χ2v) is 5.79. The third-order valence-corrected chi connectivity index (χ3v) is 4.12. The van der Waals surface area contributed by atoms with Crippen LogP contribution in [0.1, 0.15) is 49.9 Å². The minimum Gasteiger partial charge on any atom is -0.371 e. The van der Waals surface area contributed by atoms with Gasteiger partial charge in [0.25, 0.3) is 11.6 Å². The summed E-state index contributed by atoms with van der Waals surface area (Å²) in [4.78, 5) is 25.2. The van der Waals surface area contributed by atoms with E-state index in [9.17, 15) is 14.9 Å². The van der Waals surface area contributed by atoms with Crippen LogP contribution >= 0.6 is 0 Å². The average molecular weight is 305 g/mol. The van der Waals surface area contributed by atoms with Crippen molar-refractivity contribution in [3.8, 4) is 0 Å². The standard InChI is InChI=1S/C16H23N3O3/c1-3-12(2)17-16(20)14-11-13(19(21)22)7-8-15(14)18-9-5-4-6-10-18/h7-8,11-12H,3-6,9-10H2,1-2H3,(H,17,20). The molecule has 6 nitrogen and oxygen atoms in total. The first-order chi connectivity index (χ1) is 10.5. The van der Waals surface area contributed by atoms with Crippen LogP contribution in [0.15, 0.2) is 18.2 Å². The van der Waals surface area contributed by atoms with Crippen LogP contribution in [-0.2, 0) is 0 Å². The van der Waals surface area contributed by atoms with E-state index in [1.807, 2.05) is 13.8 Å². The number of nitro groups is 1. The number of amides is 1.